The van der Waals surface area contributed by atoms with Crippen LogP contribution in [-0.4, -0.2) is 20.1 Å². The van der Waals surface area contributed by atoms with Crippen LogP contribution in [0.3, 0.4) is 0 Å². The molecule has 4 aromatic rings. The number of fused-ring (bicyclic) bond motifs is 3. The number of hydrogen-bond acceptors (Lipinski definition) is 4. The summed E-state index contributed by atoms with van der Waals surface area (Å²) in [5, 5.41) is 21.6. The van der Waals surface area contributed by atoms with Crippen LogP contribution < -0.4 is 0 Å². The monoisotopic (exact) mass is 464 g/mol. The Morgan fingerprint density at radius 1 is 1.24 bits per heavy atom. The summed E-state index contributed by atoms with van der Waals surface area (Å²) >= 11 is 8.47. The topological polar surface area (TPSA) is 84.7 Å². The van der Waals surface area contributed by atoms with Gasteiger partial charge in [0.1, 0.15) is 5.69 Å². The Morgan fingerprint density at radius 3 is 2.80 bits per heavy atom. The molecule has 0 amide bonds. The third kappa shape index (κ3) is 2.54. The molecule has 124 valence electrons. The molecule has 0 aliphatic rings. The first kappa shape index (κ1) is 16.2. The van der Waals surface area contributed by atoms with Crippen molar-refractivity contribution in [1.29, 1.82) is 0 Å². The summed E-state index contributed by atoms with van der Waals surface area (Å²) in [4.78, 5) is 14.2. The van der Waals surface area contributed by atoms with E-state index in [0.29, 0.717) is 22.3 Å². The predicted molar refractivity (Wildman–Crippen MR) is 106 cm³/mol. The zero-order valence-corrected chi connectivity index (χ0v) is 15.8. The first-order valence-corrected chi connectivity index (χ1v) is 8.80. The molecule has 1 N–H and O–H groups in total. The van der Waals surface area contributed by atoms with Crippen LogP contribution in [-0.2, 0) is 0 Å². The van der Waals surface area contributed by atoms with Crippen molar-refractivity contribution in [2.24, 2.45) is 0 Å². The summed E-state index contributed by atoms with van der Waals surface area (Å²) in [6, 6.07) is 10.9. The van der Waals surface area contributed by atoms with Gasteiger partial charge in [-0.1, -0.05) is 29.8 Å². The van der Waals surface area contributed by atoms with Crippen LogP contribution in [0.1, 0.15) is 5.56 Å². The van der Waals surface area contributed by atoms with Gasteiger partial charge in [-0.15, -0.1) is 10.2 Å². The van der Waals surface area contributed by atoms with Crippen LogP contribution in [0.4, 0.5) is 5.69 Å². The summed E-state index contributed by atoms with van der Waals surface area (Å²) in [7, 11) is 0. The van der Waals surface area contributed by atoms with Crippen LogP contribution in [0.25, 0.3) is 33.1 Å². The maximum Gasteiger partial charge on any atom is 0.272 e. The lowest BCUT2D eigenvalue weighted by Crippen LogP contribution is -1.96. The molecule has 0 saturated carbocycles. The van der Waals surface area contributed by atoms with Gasteiger partial charge in [0.15, 0.2) is 5.15 Å². The van der Waals surface area contributed by atoms with Gasteiger partial charge in [-0.2, -0.15) is 0 Å². The number of halogens is 2. The summed E-state index contributed by atoms with van der Waals surface area (Å²) < 4.78 is 1.08. The molecule has 2 aromatic heterocycles. The summed E-state index contributed by atoms with van der Waals surface area (Å²) in [5.74, 6) is 0. The van der Waals surface area contributed by atoms with E-state index in [1.165, 1.54) is 6.07 Å². The minimum atomic E-state index is -0.392. The summed E-state index contributed by atoms with van der Waals surface area (Å²) in [5.41, 5.74) is 3.44. The van der Waals surface area contributed by atoms with Gasteiger partial charge in [0, 0.05) is 37.1 Å². The van der Waals surface area contributed by atoms with Gasteiger partial charge in [0.05, 0.1) is 10.4 Å². The Hall–Kier alpha value is -2.26. The van der Waals surface area contributed by atoms with Gasteiger partial charge in [0.2, 0.25) is 0 Å². The second-order valence-electron chi connectivity index (χ2n) is 5.61. The van der Waals surface area contributed by atoms with Gasteiger partial charge in [-0.05, 0) is 41.6 Å². The maximum absolute atomic E-state index is 11.3. The molecule has 25 heavy (non-hydrogen) atoms. The SMILES string of the molecule is Cc1c(-c2nnc(Cl)c3[nH]c4cc(I)ccc4c23)cccc1[N+](=O)[O-]. The van der Waals surface area contributed by atoms with E-state index in [9.17, 15) is 10.1 Å². The van der Waals surface area contributed by atoms with E-state index in [1.807, 2.05) is 24.3 Å². The molecule has 0 aliphatic carbocycles. The lowest BCUT2D eigenvalue weighted by atomic mass is 10.0. The molecule has 0 aliphatic heterocycles. The van der Waals surface area contributed by atoms with Crippen molar-refractivity contribution in [3.8, 4) is 11.3 Å². The molecule has 6 nitrogen and oxygen atoms in total. The molecule has 0 atom stereocenters. The highest BCUT2D eigenvalue weighted by Gasteiger charge is 2.20. The second kappa shape index (κ2) is 5.92. The quantitative estimate of drug-likeness (QED) is 0.249. The fourth-order valence-corrected chi connectivity index (χ4v) is 3.70. The van der Waals surface area contributed by atoms with Crippen molar-refractivity contribution in [2.45, 2.75) is 6.92 Å². The molecule has 0 fully saturated rings. The largest absolute Gasteiger partial charge is 0.352 e. The van der Waals surface area contributed by atoms with Gasteiger partial charge in [-0.25, -0.2) is 0 Å². The molecule has 0 radical (unpaired) electrons. The fraction of sp³-hybridized carbons (Fsp3) is 0.0588. The number of nitro benzene ring substituents is 1. The number of rotatable bonds is 2. The predicted octanol–water partition coefficient (Wildman–Crippen LogP) is 5.25. The summed E-state index contributed by atoms with van der Waals surface area (Å²) in [6.45, 7) is 1.72. The average Bonchev–Trinajstić information content (AvgIpc) is 2.95. The van der Waals surface area contributed by atoms with Crippen LogP contribution in [0.15, 0.2) is 36.4 Å². The molecule has 2 heterocycles. The van der Waals surface area contributed by atoms with Crippen molar-refractivity contribution in [2.75, 3.05) is 0 Å². The van der Waals surface area contributed by atoms with Crippen LogP contribution >= 0.6 is 34.2 Å². The number of hydrogen-bond donors (Lipinski definition) is 1. The Labute approximate surface area is 160 Å². The normalized spacial score (nSPS) is 11.3. The van der Waals surface area contributed by atoms with Crippen LogP contribution in [0.2, 0.25) is 5.15 Å². The van der Waals surface area contributed by atoms with Crippen molar-refractivity contribution in [3.63, 3.8) is 0 Å². The lowest BCUT2D eigenvalue weighted by Gasteiger charge is -2.07. The van der Waals surface area contributed by atoms with E-state index in [1.54, 1.807) is 13.0 Å². The van der Waals surface area contributed by atoms with E-state index in [0.717, 1.165) is 19.9 Å². The molecular weight excluding hydrogens is 455 g/mol. The molecule has 8 heteroatoms. The molecule has 0 spiro atoms. The lowest BCUT2D eigenvalue weighted by molar-refractivity contribution is -0.385. The van der Waals surface area contributed by atoms with Crippen LogP contribution in [0.5, 0.6) is 0 Å². The van der Waals surface area contributed by atoms with Gasteiger partial charge < -0.3 is 4.98 Å². The van der Waals surface area contributed by atoms with Crippen molar-refractivity contribution < 1.29 is 4.92 Å². The van der Waals surface area contributed by atoms with E-state index < -0.39 is 4.92 Å². The Balaban J connectivity index is 2.13. The third-order valence-electron chi connectivity index (χ3n) is 4.20. The second-order valence-corrected chi connectivity index (χ2v) is 7.21. The third-order valence-corrected chi connectivity index (χ3v) is 5.13. The maximum atomic E-state index is 11.3. The highest BCUT2D eigenvalue weighted by Crippen LogP contribution is 2.38. The Bertz CT molecular complexity index is 1170. The van der Waals surface area contributed by atoms with E-state index in [2.05, 4.69) is 37.8 Å². The fourth-order valence-electron chi connectivity index (χ4n) is 3.03. The number of benzene rings is 2. The molecule has 0 unspecified atom stereocenters. The minimum Gasteiger partial charge on any atom is -0.352 e. The number of nitrogens with zero attached hydrogens (tertiary/aromatic N) is 3. The first-order chi connectivity index (χ1) is 12.0. The number of nitrogens with one attached hydrogen (secondary N) is 1. The van der Waals surface area contributed by atoms with Crippen molar-refractivity contribution in [1.82, 2.24) is 15.2 Å². The number of aromatic nitrogens is 3. The molecule has 0 saturated heterocycles. The number of nitro groups is 1. The van der Waals surface area contributed by atoms with Crippen LogP contribution in [0, 0.1) is 20.6 Å². The number of aromatic amines is 1. The van der Waals surface area contributed by atoms with E-state index >= 15 is 0 Å². The van der Waals surface area contributed by atoms with E-state index in [-0.39, 0.29) is 10.8 Å². The number of H-pyrrole nitrogens is 1. The molecule has 2 aromatic carbocycles. The standard InChI is InChI=1S/C17H10ClIN4O2/c1-8-10(3-2-4-13(8)23(24)25)15-14-11-6-5-9(19)7-12(11)20-16(14)17(18)22-21-15/h2-7,20H,1H3. The molecule has 4 rings (SSSR count). The smallest absolute Gasteiger partial charge is 0.272 e. The Morgan fingerprint density at radius 2 is 2.04 bits per heavy atom. The average molecular weight is 465 g/mol. The molecule has 0 bridgehead atoms. The van der Waals surface area contributed by atoms with E-state index in [4.69, 9.17) is 11.6 Å². The van der Waals surface area contributed by atoms with Crippen molar-refractivity contribution in [3.05, 3.63) is 60.8 Å². The highest BCUT2D eigenvalue weighted by molar-refractivity contribution is 14.1. The Kier molecular flexibility index (Phi) is 3.84. The highest BCUT2D eigenvalue weighted by atomic mass is 127. The van der Waals surface area contributed by atoms with Gasteiger partial charge in [-0.3, -0.25) is 10.1 Å². The first-order valence-electron chi connectivity index (χ1n) is 7.35. The zero-order chi connectivity index (χ0) is 17.7. The van der Waals surface area contributed by atoms with Gasteiger partial charge >= 0.3 is 0 Å². The minimum absolute atomic E-state index is 0.0526. The zero-order valence-electron chi connectivity index (χ0n) is 12.9. The van der Waals surface area contributed by atoms with Gasteiger partial charge in [0.25, 0.3) is 5.69 Å². The van der Waals surface area contributed by atoms with Crippen molar-refractivity contribution >= 4 is 61.7 Å². The molecular formula is C17H10ClIN4O2. The summed E-state index contributed by atoms with van der Waals surface area (Å²) in [6.07, 6.45) is 0.